The number of hydrogen-bond acceptors (Lipinski definition) is 5. The number of aromatic nitrogens is 3. The molecule has 1 aromatic carbocycles. The van der Waals surface area contributed by atoms with E-state index in [1.807, 2.05) is 26.0 Å². The fourth-order valence-electron chi connectivity index (χ4n) is 3.13. The first kappa shape index (κ1) is 18.9. The van der Waals surface area contributed by atoms with Crippen LogP contribution in [0.3, 0.4) is 0 Å². The number of nitrogens with one attached hydrogen (secondary N) is 1. The molecule has 0 radical (unpaired) electrons. The van der Waals surface area contributed by atoms with E-state index in [1.54, 1.807) is 0 Å². The topological polar surface area (TPSA) is 69.0 Å². The van der Waals surface area contributed by atoms with Crippen molar-refractivity contribution < 1.29 is 9.53 Å². The summed E-state index contributed by atoms with van der Waals surface area (Å²) in [6.45, 7) is 7.70. The number of rotatable bonds is 7. The van der Waals surface area contributed by atoms with E-state index in [-0.39, 0.29) is 12.0 Å². The largest absolute Gasteiger partial charge is 0.376 e. The van der Waals surface area contributed by atoms with E-state index in [1.165, 1.54) is 17.3 Å². The molecule has 0 spiro atoms. The Morgan fingerprint density at radius 1 is 1.38 bits per heavy atom. The number of thioether (sulfide) groups is 1. The predicted octanol–water partition coefficient (Wildman–Crippen LogP) is 3.37. The first-order valence-corrected chi connectivity index (χ1v) is 10.1. The van der Waals surface area contributed by atoms with E-state index < -0.39 is 0 Å². The van der Waals surface area contributed by atoms with Gasteiger partial charge in [0, 0.05) is 18.7 Å². The molecule has 1 fully saturated rings. The van der Waals surface area contributed by atoms with Crippen LogP contribution in [-0.4, -0.2) is 39.1 Å². The molecule has 1 unspecified atom stereocenters. The fourth-order valence-corrected chi connectivity index (χ4v) is 3.90. The number of amides is 1. The van der Waals surface area contributed by atoms with Crippen molar-refractivity contribution in [2.24, 2.45) is 0 Å². The lowest BCUT2D eigenvalue weighted by molar-refractivity contribution is -0.113. The molecule has 1 aliphatic heterocycles. The molecule has 2 heterocycles. The highest BCUT2D eigenvalue weighted by molar-refractivity contribution is 7.99. The summed E-state index contributed by atoms with van der Waals surface area (Å²) in [5, 5.41) is 12.3. The number of benzene rings is 1. The molecule has 1 saturated heterocycles. The Hall–Kier alpha value is -1.86. The Bertz CT molecular complexity index is 769. The van der Waals surface area contributed by atoms with Gasteiger partial charge in [-0.3, -0.25) is 4.79 Å². The van der Waals surface area contributed by atoms with Crippen LogP contribution in [0.15, 0.2) is 23.4 Å². The second-order valence-corrected chi connectivity index (χ2v) is 7.60. The van der Waals surface area contributed by atoms with Gasteiger partial charge in [0.2, 0.25) is 5.91 Å². The lowest BCUT2D eigenvalue weighted by Crippen LogP contribution is -2.19. The molecule has 140 valence electrons. The summed E-state index contributed by atoms with van der Waals surface area (Å²) >= 11 is 1.42. The van der Waals surface area contributed by atoms with Crippen molar-refractivity contribution in [1.29, 1.82) is 0 Å². The smallest absolute Gasteiger partial charge is 0.234 e. The van der Waals surface area contributed by atoms with Crippen molar-refractivity contribution in [1.82, 2.24) is 14.8 Å². The van der Waals surface area contributed by atoms with Gasteiger partial charge in [-0.15, -0.1) is 10.2 Å². The van der Waals surface area contributed by atoms with Gasteiger partial charge in [0.1, 0.15) is 5.82 Å². The Labute approximate surface area is 158 Å². The van der Waals surface area contributed by atoms with Gasteiger partial charge in [0.05, 0.1) is 18.4 Å². The SMILES string of the molecule is CCc1nnc(SCC(=O)Nc2ccc(C)cc2C)n1CC1CCCO1. The predicted molar refractivity (Wildman–Crippen MR) is 104 cm³/mol. The van der Waals surface area contributed by atoms with Crippen LogP contribution in [0.4, 0.5) is 5.69 Å². The van der Waals surface area contributed by atoms with Gasteiger partial charge in [-0.2, -0.15) is 0 Å². The van der Waals surface area contributed by atoms with E-state index in [4.69, 9.17) is 4.74 Å². The molecule has 1 aromatic heterocycles. The summed E-state index contributed by atoms with van der Waals surface area (Å²) in [5.41, 5.74) is 3.11. The molecular weight excluding hydrogens is 348 g/mol. The molecule has 1 aliphatic rings. The molecule has 26 heavy (non-hydrogen) atoms. The maximum Gasteiger partial charge on any atom is 0.234 e. The van der Waals surface area contributed by atoms with Gasteiger partial charge in [-0.05, 0) is 38.3 Å². The number of carbonyl (C=O) groups excluding carboxylic acids is 1. The summed E-state index contributed by atoms with van der Waals surface area (Å²) in [6, 6.07) is 6.01. The summed E-state index contributed by atoms with van der Waals surface area (Å²) in [4.78, 5) is 12.3. The molecule has 1 amide bonds. The Kier molecular flexibility index (Phi) is 6.32. The molecule has 7 heteroatoms. The van der Waals surface area contributed by atoms with Crippen LogP contribution in [0.1, 0.15) is 36.7 Å². The van der Waals surface area contributed by atoms with Gasteiger partial charge >= 0.3 is 0 Å². The third kappa shape index (κ3) is 4.65. The lowest BCUT2D eigenvalue weighted by atomic mass is 10.1. The number of hydrogen-bond donors (Lipinski definition) is 1. The van der Waals surface area contributed by atoms with Crippen LogP contribution in [0.2, 0.25) is 0 Å². The van der Waals surface area contributed by atoms with Crippen LogP contribution < -0.4 is 5.32 Å². The molecule has 2 aromatic rings. The van der Waals surface area contributed by atoms with Crippen LogP contribution in [-0.2, 0) is 22.5 Å². The maximum atomic E-state index is 12.3. The second kappa shape index (κ2) is 8.68. The second-order valence-electron chi connectivity index (χ2n) is 6.65. The zero-order valence-corrected chi connectivity index (χ0v) is 16.4. The van der Waals surface area contributed by atoms with E-state index in [0.717, 1.165) is 54.6 Å². The standard InChI is InChI=1S/C19H26N4O2S/c1-4-17-21-22-19(23(17)11-15-6-5-9-25-15)26-12-18(24)20-16-8-7-13(2)10-14(16)3/h7-8,10,15H,4-6,9,11-12H2,1-3H3,(H,20,24). The Morgan fingerprint density at radius 3 is 2.92 bits per heavy atom. The van der Waals surface area contributed by atoms with E-state index >= 15 is 0 Å². The molecule has 0 aliphatic carbocycles. The van der Waals surface area contributed by atoms with Crippen molar-refractivity contribution in [3.63, 3.8) is 0 Å². The number of ether oxygens (including phenoxy) is 1. The minimum atomic E-state index is -0.0355. The van der Waals surface area contributed by atoms with Crippen molar-refractivity contribution in [2.45, 2.75) is 57.8 Å². The highest BCUT2D eigenvalue weighted by Crippen LogP contribution is 2.22. The van der Waals surface area contributed by atoms with Crippen molar-refractivity contribution >= 4 is 23.4 Å². The lowest BCUT2D eigenvalue weighted by Gasteiger charge is -2.14. The monoisotopic (exact) mass is 374 g/mol. The number of nitrogens with zero attached hydrogens (tertiary/aromatic N) is 3. The third-order valence-corrected chi connectivity index (χ3v) is 5.48. The Morgan fingerprint density at radius 2 is 2.23 bits per heavy atom. The van der Waals surface area contributed by atoms with E-state index in [9.17, 15) is 4.79 Å². The molecule has 0 bridgehead atoms. The van der Waals surface area contributed by atoms with Crippen LogP contribution >= 0.6 is 11.8 Å². The number of anilines is 1. The van der Waals surface area contributed by atoms with Gasteiger partial charge < -0.3 is 14.6 Å². The average molecular weight is 375 g/mol. The zero-order chi connectivity index (χ0) is 18.5. The molecule has 1 atom stereocenters. The molecule has 0 saturated carbocycles. The van der Waals surface area contributed by atoms with Gasteiger partial charge in [-0.25, -0.2) is 0 Å². The van der Waals surface area contributed by atoms with Gasteiger partial charge in [0.15, 0.2) is 5.16 Å². The minimum absolute atomic E-state index is 0.0355. The highest BCUT2D eigenvalue weighted by atomic mass is 32.2. The summed E-state index contributed by atoms with van der Waals surface area (Å²) in [5.74, 6) is 1.21. The molecule has 3 rings (SSSR count). The summed E-state index contributed by atoms with van der Waals surface area (Å²) in [6.07, 6.45) is 3.21. The van der Waals surface area contributed by atoms with Crippen LogP contribution in [0, 0.1) is 13.8 Å². The van der Waals surface area contributed by atoms with Crippen LogP contribution in [0.5, 0.6) is 0 Å². The fraction of sp³-hybridized carbons (Fsp3) is 0.526. The molecular formula is C19H26N4O2S. The molecule has 6 nitrogen and oxygen atoms in total. The van der Waals surface area contributed by atoms with Crippen molar-refractivity contribution in [3.05, 3.63) is 35.2 Å². The first-order chi connectivity index (χ1) is 12.6. The van der Waals surface area contributed by atoms with E-state index in [2.05, 4.69) is 33.1 Å². The number of carbonyl (C=O) groups is 1. The maximum absolute atomic E-state index is 12.3. The first-order valence-electron chi connectivity index (χ1n) is 9.10. The summed E-state index contributed by atoms with van der Waals surface area (Å²) in [7, 11) is 0. The van der Waals surface area contributed by atoms with E-state index in [0.29, 0.717) is 5.75 Å². The highest BCUT2D eigenvalue weighted by Gasteiger charge is 2.21. The quantitative estimate of drug-likeness (QED) is 0.753. The van der Waals surface area contributed by atoms with Crippen molar-refractivity contribution in [3.8, 4) is 0 Å². The molecule has 1 N–H and O–H groups in total. The van der Waals surface area contributed by atoms with Gasteiger partial charge in [-0.1, -0.05) is 36.4 Å². The Balaban J connectivity index is 1.61. The zero-order valence-electron chi connectivity index (χ0n) is 15.6. The summed E-state index contributed by atoms with van der Waals surface area (Å²) < 4.78 is 7.85. The third-order valence-electron chi connectivity index (χ3n) is 4.51. The van der Waals surface area contributed by atoms with Crippen LogP contribution in [0.25, 0.3) is 0 Å². The normalized spacial score (nSPS) is 16.8. The van der Waals surface area contributed by atoms with Gasteiger partial charge in [0.25, 0.3) is 0 Å². The number of aryl methyl sites for hydroxylation is 3. The van der Waals surface area contributed by atoms with Crippen molar-refractivity contribution in [2.75, 3.05) is 17.7 Å². The minimum Gasteiger partial charge on any atom is -0.376 e. The average Bonchev–Trinajstić information content (AvgIpc) is 3.26.